The summed E-state index contributed by atoms with van der Waals surface area (Å²) in [6.45, 7) is 0. The van der Waals surface area contributed by atoms with Gasteiger partial charge in [0, 0.05) is 17.8 Å². The number of nitrogens with zero attached hydrogens (tertiary/aromatic N) is 1. The predicted octanol–water partition coefficient (Wildman–Crippen LogP) is 4.57. The number of halogens is 2. The Kier molecular flexibility index (Phi) is 4.47. The lowest BCUT2D eigenvalue weighted by atomic mass is 9.90. The van der Waals surface area contributed by atoms with Gasteiger partial charge in [-0.3, -0.25) is 9.59 Å². The Hall–Kier alpha value is -4.07. The molecule has 0 fully saturated rings. The summed E-state index contributed by atoms with van der Waals surface area (Å²) in [5, 5.41) is 5.60. The predicted molar refractivity (Wildman–Crippen MR) is 113 cm³/mol. The van der Waals surface area contributed by atoms with Gasteiger partial charge in [0.1, 0.15) is 17.5 Å². The van der Waals surface area contributed by atoms with E-state index in [0.717, 1.165) is 23.8 Å². The quantitative estimate of drug-likeness (QED) is 0.455. The van der Waals surface area contributed by atoms with Crippen LogP contribution in [0.2, 0.25) is 0 Å². The number of carbonyl (C=O) groups excluding carboxylic acids is 2. The zero-order chi connectivity index (χ0) is 21.5. The fraction of sp³-hybridized carbons (Fsp3) is 0.0870. The number of H-pyrrole nitrogens is 1. The third-order valence-corrected chi connectivity index (χ3v) is 5.25. The molecule has 3 aromatic carbocycles. The van der Waals surface area contributed by atoms with Gasteiger partial charge in [-0.05, 0) is 48.0 Å². The summed E-state index contributed by atoms with van der Waals surface area (Å²) in [4.78, 5) is 32.2. The van der Waals surface area contributed by atoms with Gasteiger partial charge in [-0.15, -0.1) is 0 Å². The molecular weight excluding hydrogens is 402 g/mol. The molecule has 154 valence electrons. The smallest absolute Gasteiger partial charge is 0.232 e. The molecule has 4 aromatic rings. The molecule has 1 aliphatic rings. The van der Waals surface area contributed by atoms with Gasteiger partial charge in [0.2, 0.25) is 11.8 Å². The first-order chi connectivity index (χ1) is 15.0. The Morgan fingerprint density at radius 1 is 1.06 bits per heavy atom. The average molecular weight is 418 g/mol. The lowest BCUT2D eigenvalue weighted by Crippen LogP contribution is -2.30. The lowest BCUT2D eigenvalue weighted by molar-refractivity contribution is -0.123. The van der Waals surface area contributed by atoms with E-state index in [9.17, 15) is 18.4 Å². The molecule has 0 saturated carbocycles. The van der Waals surface area contributed by atoms with Crippen molar-refractivity contribution < 1.29 is 18.4 Å². The minimum Gasteiger partial charge on any atom is -0.338 e. The number of fused-ring (bicyclic) bond motifs is 2. The monoisotopic (exact) mass is 418 g/mol. The van der Waals surface area contributed by atoms with E-state index in [4.69, 9.17) is 0 Å². The number of aromatic amines is 1. The average Bonchev–Trinajstić information content (AvgIpc) is 3.18. The zero-order valence-electron chi connectivity index (χ0n) is 16.1. The van der Waals surface area contributed by atoms with Crippen molar-refractivity contribution in [3.8, 4) is 11.4 Å². The van der Waals surface area contributed by atoms with E-state index in [0.29, 0.717) is 22.4 Å². The maximum absolute atomic E-state index is 14.1. The van der Waals surface area contributed by atoms with E-state index in [2.05, 4.69) is 20.6 Å². The van der Waals surface area contributed by atoms with Gasteiger partial charge < -0.3 is 15.6 Å². The molecule has 8 heteroatoms. The first-order valence-corrected chi connectivity index (χ1v) is 9.63. The number of hydrogen-bond donors (Lipinski definition) is 3. The minimum absolute atomic E-state index is 0.0200. The Morgan fingerprint density at radius 3 is 2.77 bits per heavy atom. The summed E-state index contributed by atoms with van der Waals surface area (Å²) in [5.74, 6) is -2.11. The van der Waals surface area contributed by atoms with Gasteiger partial charge >= 0.3 is 0 Å². The number of anilines is 2. The second-order valence-corrected chi connectivity index (χ2v) is 7.32. The van der Waals surface area contributed by atoms with Crippen LogP contribution in [-0.4, -0.2) is 21.8 Å². The number of nitrogens with one attached hydrogen (secondary N) is 3. The van der Waals surface area contributed by atoms with E-state index in [1.54, 1.807) is 30.3 Å². The highest BCUT2D eigenvalue weighted by Crippen LogP contribution is 2.33. The van der Waals surface area contributed by atoms with Crippen molar-refractivity contribution in [3.05, 3.63) is 77.9 Å². The van der Waals surface area contributed by atoms with Gasteiger partial charge in [-0.25, -0.2) is 13.8 Å². The number of amides is 2. The van der Waals surface area contributed by atoms with E-state index < -0.39 is 17.6 Å². The van der Waals surface area contributed by atoms with Crippen molar-refractivity contribution in [2.24, 2.45) is 0 Å². The second-order valence-electron chi connectivity index (χ2n) is 7.32. The fourth-order valence-electron chi connectivity index (χ4n) is 3.77. The highest BCUT2D eigenvalue weighted by Gasteiger charge is 2.30. The maximum Gasteiger partial charge on any atom is 0.232 e. The number of imidazole rings is 1. The molecule has 0 radical (unpaired) electrons. The first kappa shape index (κ1) is 18.9. The highest BCUT2D eigenvalue weighted by atomic mass is 19.1. The Morgan fingerprint density at radius 2 is 1.90 bits per heavy atom. The largest absolute Gasteiger partial charge is 0.338 e. The number of carbonyl (C=O) groups is 2. The van der Waals surface area contributed by atoms with E-state index in [-0.39, 0.29) is 29.6 Å². The summed E-state index contributed by atoms with van der Waals surface area (Å²) in [6, 6.07) is 15.3. The SMILES string of the molecule is O=C1C[C@H](C(=O)Nc2ccc3nc(-c4cc(F)ccc4F)[nH]c3c2)c2ccccc2N1. The normalized spacial score (nSPS) is 15.4. The van der Waals surface area contributed by atoms with E-state index >= 15 is 0 Å². The van der Waals surface area contributed by atoms with Gasteiger partial charge in [0.25, 0.3) is 0 Å². The van der Waals surface area contributed by atoms with Crippen molar-refractivity contribution >= 4 is 34.2 Å². The molecule has 0 aliphatic carbocycles. The standard InChI is InChI=1S/C23H16F2N4O2/c24-12-5-7-17(25)16(9-12)22-28-19-8-6-13(10-20(19)29-22)26-23(31)15-11-21(30)27-18-4-2-1-3-14(15)18/h1-10,15H,11H2,(H,26,31)(H,27,30)(H,28,29)/t15-/m0/s1. The van der Waals surface area contributed by atoms with Crippen LogP contribution in [0.5, 0.6) is 0 Å². The summed E-state index contributed by atoms with van der Waals surface area (Å²) < 4.78 is 27.6. The van der Waals surface area contributed by atoms with Crippen LogP contribution in [0.3, 0.4) is 0 Å². The fourth-order valence-corrected chi connectivity index (χ4v) is 3.77. The number of benzene rings is 3. The molecule has 0 unspecified atom stereocenters. The molecule has 0 spiro atoms. The van der Waals surface area contributed by atoms with Crippen LogP contribution in [-0.2, 0) is 9.59 Å². The number of aromatic nitrogens is 2. The summed E-state index contributed by atoms with van der Waals surface area (Å²) in [7, 11) is 0. The molecule has 31 heavy (non-hydrogen) atoms. The third-order valence-electron chi connectivity index (χ3n) is 5.25. The maximum atomic E-state index is 14.1. The van der Waals surface area contributed by atoms with Gasteiger partial charge in [0.15, 0.2) is 0 Å². The lowest BCUT2D eigenvalue weighted by Gasteiger charge is -2.24. The van der Waals surface area contributed by atoms with Crippen molar-refractivity contribution in [2.45, 2.75) is 12.3 Å². The Labute approximate surface area is 175 Å². The first-order valence-electron chi connectivity index (χ1n) is 9.63. The summed E-state index contributed by atoms with van der Waals surface area (Å²) in [6.07, 6.45) is 0.0537. The van der Waals surface area contributed by atoms with Gasteiger partial charge in [0.05, 0.1) is 22.5 Å². The zero-order valence-corrected chi connectivity index (χ0v) is 16.1. The third kappa shape index (κ3) is 3.52. The molecule has 0 bridgehead atoms. The van der Waals surface area contributed by atoms with Crippen molar-refractivity contribution in [2.75, 3.05) is 10.6 Å². The molecule has 6 nitrogen and oxygen atoms in total. The Bertz CT molecular complexity index is 1350. The number of para-hydroxylation sites is 1. The van der Waals surface area contributed by atoms with Gasteiger partial charge in [-0.1, -0.05) is 18.2 Å². The van der Waals surface area contributed by atoms with Crippen LogP contribution in [0.1, 0.15) is 17.9 Å². The summed E-state index contributed by atoms with van der Waals surface area (Å²) >= 11 is 0. The molecule has 0 saturated heterocycles. The minimum atomic E-state index is -0.612. The molecule has 3 N–H and O–H groups in total. The Balaban J connectivity index is 1.43. The van der Waals surface area contributed by atoms with Crippen LogP contribution in [0.15, 0.2) is 60.7 Å². The van der Waals surface area contributed by atoms with Gasteiger partial charge in [-0.2, -0.15) is 0 Å². The molecular formula is C23H16F2N4O2. The van der Waals surface area contributed by atoms with Crippen LogP contribution in [0.4, 0.5) is 20.2 Å². The second kappa shape index (κ2) is 7.32. The van der Waals surface area contributed by atoms with E-state index in [1.165, 1.54) is 0 Å². The number of hydrogen-bond acceptors (Lipinski definition) is 3. The van der Waals surface area contributed by atoms with E-state index in [1.807, 2.05) is 12.1 Å². The van der Waals surface area contributed by atoms with Crippen LogP contribution < -0.4 is 10.6 Å². The number of rotatable bonds is 3. The van der Waals surface area contributed by atoms with Crippen molar-refractivity contribution in [3.63, 3.8) is 0 Å². The topological polar surface area (TPSA) is 86.9 Å². The molecule has 5 rings (SSSR count). The molecule has 2 amide bonds. The molecule has 1 atom stereocenters. The summed E-state index contributed by atoms with van der Waals surface area (Å²) in [5.41, 5.74) is 3.00. The molecule has 1 aliphatic heterocycles. The highest BCUT2D eigenvalue weighted by molar-refractivity contribution is 6.05. The van der Waals surface area contributed by atoms with Crippen molar-refractivity contribution in [1.82, 2.24) is 9.97 Å². The van der Waals surface area contributed by atoms with Crippen LogP contribution >= 0.6 is 0 Å². The van der Waals surface area contributed by atoms with Crippen LogP contribution in [0, 0.1) is 11.6 Å². The molecule has 1 aromatic heterocycles. The van der Waals surface area contributed by atoms with Crippen LogP contribution in [0.25, 0.3) is 22.4 Å². The molecule has 2 heterocycles. The van der Waals surface area contributed by atoms with Crippen molar-refractivity contribution in [1.29, 1.82) is 0 Å².